The number of rotatable bonds is 5. The number of pyridine rings is 1. The molecule has 19 heavy (non-hydrogen) atoms. The minimum atomic E-state index is -1.03. The van der Waals surface area contributed by atoms with Gasteiger partial charge in [0.05, 0.1) is 11.9 Å². The molecule has 0 bridgehead atoms. The van der Waals surface area contributed by atoms with Gasteiger partial charge in [0.2, 0.25) is 0 Å². The first kappa shape index (κ1) is 14.9. The number of hydrogen-bond donors (Lipinski definition) is 2. The first-order chi connectivity index (χ1) is 8.93. The van der Waals surface area contributed by atoms with Gasteiger partial charge in [0.1, 0.15) is 6.54 Å². The normalized spacial score (nSPS) is 11.7. The number of nitrogens with zero attached hydrogens (tertiary/aromatic N) is 2. The molecule has 1 rings (SSSR count). The molecular weight excluding hydrogens is 246 g/mol. The first-order valence-corrected chi connectivity index (χ1v) is 6.16. The smallest absolute Gasteiger partial charge is 0.323 e. The predicted molar refractivity (Wildman–Crippen MR) is 72.1 cm³/mol. The second kappa shape index (κ2) is 6.72. The molecule has 0 aliphatic carbocycles. The van der Waals surface area contributed by atoms with Gasteiger partial charge >= 0.3 is 12.0 Å². The van der Waals surface area contributed by atoms with Gasteiger partial charge in [-0.15, -0.1) is 0 Å². The van der Waals surface area contributed by atoms with Crippen molar-refractivity contribution in [2.75, 3.05) is 11.9 Å². The SMILES string of the molecule is CCC(C)N(CC(=O)O)C(=O)Nc1ccc(C)nc1. The van der Waals surface area contributed by atoms with Crippen LogP contribution in [0.1, 0.15) is 26.0 Å². The molecule has 1 aromatic rings. The van der Waals surface area contributed by atoms with Crippen molar-refractivity contribution in [1.82, 2.24) is 9.88 Å². The fraction of sp³-hybridized carbons (Fsp3) is 0.462. The summed E-state index contributed by atoms with van der Waals surface area (Å²) in [4.78, 5) is 28.2. The number of anilines is 1. The van der Waals surface area contributed by atoms with Crippen LogP contribution in [0, 0.1) is 6.92 Å². The summed E-state index contributed by atoms with van der Waals surface area (Å²) in [5.74, 6) is -1.03. The Morgan fingerprint density at radius 2 is 2.16 bits per heavy atom. The van der Waals surface area contributed by atoms with Crippen molar-refractivity contribution >= 4 is 17.7 Å². The van der Waals surface area contributed by atoms with Crippen molar-refractivity contribution in [3.8, 4) is 0 Å². The van der Waals surface area contributed by atoms with Crippen LogP contribution in [-0.2, 0) is 4.79 Å². The topological polar surface area (TPSA) is 82.5 Å². The molecule has 104 valence electrons. The van der Waals surface area contributed by atoms with Crippen molar-refractivity contribution in [2.24, 2.45) is 0 Å². The zero-order chi connectivity index (χ0) is 14.4. The lowest BCUT2D eigenvalue weighted by Gasteiger charge is -2.27. The summed E-state index contributed by atoms with van der Waals surface area (Å²) in [6, 6.07) is 2.94. The van der Waals surface area contributed by atoms with Crippen molar-refractivity contribution < 1.29 is 14.7 Å². The molecule has 1 atom stereocenters. The number of carboxylic acid groups (broad SMARTS) is 1. The summed E-state index contributed by atoms with van der Waals surface area (Å²) in [6.07, 6.45) is 2.23. The van der Waals surface area contributed by atoms with Gasteiger partial charge in [-0.1, -0.05) is 6.92 Å². The molecule has 1 heterocycles. The number of amides is 2. The fourth-order valence-electron chi connectivity index (χ4n) is 1.53. The molecule has 1 aromatic heterocycles. The lowest BCUT2D eigenvalue weighted by atomic mass is 10.2. The van der Waals surface area contributed by atoms with E-state index in [-0.39, 0.29) is 12.6 Å². The Hall–Kier alpha value is -2.11. The highest BCUT2D eigenvalue weighted by molar-refractivity contribution is 5.91. The summed E-state index contributed by atoms with van der Waals surface area (Å²) in [5, 5.41) is 11.5. The number of urea groups is 1. The third kappa shape index (κ3) is 4.57. The molecule has 0 aliphatic heterocycles. The van der Waals surface area contributed by atoms with E-state index >= 15 is 0 Å². The van der Waals surface area contributed by atoms with Crippen LogP contribution in [0.15, 0.2) is 18.3 Å². The molecule has 0 aliphatic rings. The molecule has 2 N–H and O–H groups in total. The molecule has 0 aromatic carbocycles. The second-order valence-corrected chi connectivity index (χ2v) is 4.40. The van der Waals surface area contributed by atoms with Gasteiger partial charge in [0.15, 0.2) is 0 Å². The average Bonchev–Trinajstić information content (AvgIpc) is 2.37. The Labute approximate surface area is 112 Å². The van der Waals surface area contributed by atoms with Crippen molar-refractivity contribution in [3.63, 3.8) is 0 Å². The minimum absolute atomic E-state index is 0.144. The second-order valence-electron chi connectivity index (χ2n) is 4.40. The largest absolute Gasteiger partial charge is 0.480 e. The average molecular weight is 265 g/mol. The van der Waals surface area contributed by atoms with Gasteiger partial charge in [0.25, 0.3) is 0 Å². The zero-order valence-electron chi connectivity index (χ0n) is 11.4. The van der Waals surface area contributed by atoms with E-state index in [0.717, 1.165) is 5.69 Å². The number of aromatic nitrogens is 1. The standard InChI is InChI=1S/C13H19N3O3/c1-4-10(3)16(8-12(17)18)13(19)15-11-6-5-9(2)14-7-11/h5-7,10H,4,8H2,1-3H3,(H,15,19)(H,17,18). The molecule has 6 nitrogen and oxygen atoms in total. The number of aliphatic carboxylic acids is 1. The Balaban J connectivity index is 2.76. The number of carboxylic acids is 1. The van der Waals surface area contributed by atoms with E-state index in [4.69, 9.17) is 5.11 Å². The number of nitrogens with one attached hydrogen (secondary N) is 1. The van der Waals surface area contributed by atoms with Crippen LogP contribution in [0.3, 0.4) is 0 Å². The van der Waals surface area contributed by atoms with Gasteiger partial charge < -0.3 is 15.3 Å². The third-order valence-corrected chi connectivity index (χ3v) is 2.85. The summed E-state index contributed by atoms with van der Waals surface area (Å²) in [7, 11) is 0. The first-order valence-electron chi connectivity index (χ1n) is 6.16. The molecule has 1 unspecified atom stereocenters. The molecule has 6 heteroatoms. The van der Waals surface area contributed by atoms with E-state index in [9.17, 15) is 9.59 Å². The van der Waals surface area contributed by atoms with Crippen LogP contribution >= 0.6 is 0 Å². The summed E-state index contributed by atoms with van der Waals surface area (Å²) < 4.78 is 0. The van der Waals surface area contributed by atoms with Crippen LogP contribution in [0.5, 0.6) is 0 Å². The van der Waals surface area contributed by atoms with Gasteiger partial charge in [-0.25, -0.2) is 4.79 Å². The molecule has 0 saturated heterocycles. The molecule has 0 radical (unpaired) electrons. The Bertz CT molecular complexity index is 445. The number of carbonyl (C=O) groups excluding carboxylic acids is 1. The predicted octanol–water partition coefficient (Wildman–Crippen LogP) is 2.11. The van der Waals surface area contributed by atoms with Crippen LogP contribution < -0.4 is 5.32 Å². The summed E-state index contributed by atoms with van der Waals surface area (Å²) in [5.41, 5.74) is 1.40. The summed E-state index contributed by atoms with van der Waals surface area (Å²) >= 11 is 0. The highest BCUT2D eigenvalue weighted by Gasteiger charge is 2.21. The Morgan fingerprint density at radius 3 is 2.63 bits per heavy atom. The molecule has 2 amide bonds. The van der Waals surface area contributed by atoms with E-state index in [1.165, 1.54) is 4.90 Å². The van der Waals surface area contributed by atoms with E-state index in [0.29, 0.717) is 12.1 Å². The van der Waals surface area contributed by atoms with Gasteiger partial charge in [-0.05, 0) is 32.4 Å². The van der Waals surface area contributed by atoms with E-state index in [1.54, 1.807) is 18.3 Å². The van der Waals surface area contributed by atoms with Gasteiger partial charge in [-0.2, -0.15) is 0 Å². The van der Waals surface area contributed by atoms with Crippen molar-refractivity contribution in [1.29, 1.82) is 0 Å². The van der Waals surface area contributed by atoms with E-state index in [2.05, 4.69) is 10.3 Å². The lowest BCUT2D eigenvalue weighted by molar-refractivity contribution is -0.138. The number of carbonyl (C=O) groups is 2. The maximum absolute atomic E-state index is 12.1. The molecular formula is C13H19N3O3. The van der Waals surface area contributed by atoms with E-state index in [1.807, 2.05) is 20.8 Å². The van der Waals surface area contributed by atoms with Gasteiger partial charge in [-0.3, -0.25) is 9.78 Å². The van der Waals surface area contributed by atoms with Crippen LogP contribution in [0.2, 0.25) is 0 Å². The fourth-order valence-corrected chi connectivity index (χ4v) is 1.53. The van der Waals surface area contributed by atoms with Crippen LogP contribution in [0.25, 0.3) is 0 Å². The highest BCUT2D eigenvalue weighted by Crippen LogP contribution is 2.10. The van der Waals surface area contributed by atoms with E-state index < -0.39 is 12.0 Å². The van der Waals surface area contributed by atoms with Crippen LogP contribution in [0.4, 0.5) is 10.5 Å². The van der Waals surface area contributed by atoms with Crippen molar-refractivity contribution in [2.45, 2.75) is 33.2 Å². The van der Waals surface area contributed by atoms with Crippen LogP contribution in [-0.4, -0.2) is 39.6 Å². The van der Waals surface area contributed by atoms with Crippen molar-refractivity contribution in [3.05, 3.63) is 24.0 Å². The third-order valence-electron chi connectivity index (χ3n) is 2.85. The zero-order valence-corrected chi connectivity index (χ0v) is 11.4. The Kier molecular flexibility index (Phi) is 5.29. The number of aryl methyl sites for hydroxylation is 1. The maximum atomic E-state index is 12.1. The monoisotopic (exact) mass is 265 g/mol. The molecule has 0 spiro atoms. The summed E-state index contributed by atoms with van der Waals surface area (Å²) in [6.45, 7) is 5.25. The Morgan fingerprint density at radius 1 is 1.47 bits per heavy atom. The quantitative estimate of drug-likeness (QED) is 0.854. The molecule has 0 saturated carbocycles. The minimum Gasteiger partial charge on any atom is -0.480 e. The number of hydrogen-bond acceptors (Lipinski definition) is 3. The maximum Gasteiger partial charge on any atom is 0.323 e. The van der Waals surface area contributed by atoms with Gasteiger partial charge in [0, 0.05) is 11.7 Å². The molecule has 0 fully saturated rings. The highest BCUT2D eigenvalue weighted by atomic mass is 16.4. The lowest BCUT2D eigenvalue weighted by Crippen LogP contribution is -2.44.